The van der Waals surface area contributed by atoms with Crippen molar-refractivity contribution in [3.8, 4) is 5.75 Å². The van der Waals surface area contributed by atoms with Crippen molar-refractivity contribution in [1.29, 1.82) is 0 Å². The summed E-state index contributed by atoms with van der Waals surface area (Å²) in [5, 5.41) is 2.62. The molecule has 0 saturated heterocycles. The third-order valence-corrected chi connectivity index (χ3v) is 4.16. The number of benzene rings is 2. The maximum absolute atomic E-state index is 12.7. The normalized spacial score (nSPS) is 12.6. The Hall–Kier alpha value is -2.50. The Morgan fingerprint density at radius 2 is 1.85 bits per heavy atom. The van der Waals surface area contributed by atoms with Gasteiger partial charge < -0.3 is 10.1 Å². The van der Waals surface area contributed by atoms with Crippen LogP contribution in [0.25, 0.3) is 0 Å². The summed E-state index contributed by atoms with van der Waals surface area (Å²) in [6, 6.07) is 8.78. The first-order valence-electron chi connectivity index (χ1n) is 8.26. The number of alkyl halides is 3. The van der Waals surface area contributed by atoms with Gasteiger partial charge in [-0.3, -0.25) is 4.79 Å². The second-order valence-corrected chi connectivity index (χ2v) is 6.38. The van der Waals surface area contributed by atoms with Crippen molar-refractivity contribution in [2.75, 3.05) is 0 Å². The van der Waals surface area contributed by atoms with Crippen LogP contribution in [0.3, 0.4) is 0 Å². The van der Waals surface area contributed by atoms with Crippen LogP contribution in [0.1, 0.15) is 34.7 Å². The summed E-state index contributed by atoms with van der Waals surface area (Å²) < 4.78 is 43.9. The zero-order valence-electron chi connectivity index (χ0n) is 15.2. The lowest BCUT2D eigenvalue weighted by Gasteiger charge is -2.18. The molecule has 0 bridgehead atoms. The van der Waals surface area contributed by atoms with Gasteiger partial charge in [-0.25, -0.2) is 0 Å². The number of carbonyl (C=O) groups is 1. The highest BCUT2D eigenvalue weighted by molar-refractivity contribution is 5.80. The summed E-state index contributed by atoms with van der Waals surface area (Å²) in [5.74, 6) is 0.241. The summed E-state index contributed by atoms with van der Waals surface area (Å²) in [6.45, 7) is 7.43. The second-order valence-electron chi connectivity index (χ2n) is 6.38. The van der Waals surface area contributed by atoms with Crippen LogP contribution in [-0.2, 0) is 17.5 Å². The molecule has 0 saturated carbocycles. The summed E-state index contributed by atoms with van der Waals surface area (Å²) in [5.41, 5.74) is 2.69. The van der Waals surface area contributed by atoms with Gasteiger partial charge in [-0.2, -0.15) is 13.2 Å². The molecule has 6 heteroatoms. The molecule has 1 atom stereocenters. The van der Waals surface area contributed by atoms with Crippen LogP contribution in [0.15, 0.2) is 36.4 Å². The van der Waals surface area contributed by atoms with Gasteiger partial charge in [0.15, 0.2) is 6.10 Å². The fourth-order valence-electron chi connectivity index (χ4n) is 2.56. The molecule has 0 radical (unpaired) electrons. The molecular formula is C20H22F3NO2. The average molecular weight is 365 g/mol. The van der Waals surface area contributed by atoms with E-state index in [1.165, 1.54) is 12.1 Å². The van der Waals surface area contributed by atoms with Gasteiger partial charge >= 0.3 is 6.18 Å². The quantitative estimate of drug-likeness (QED) is 0.833. The first kappa shape index (κ1) is 19.8. The van der Waals surface area contributed by atoms with Crippen LogP contribution in [0, 0.1) is 20.8 Å². The van der Waals surface area contributed by atoms with E-state index in [1.54, 1.807) is 6.92 Å². The number of amides is 1. The van der Waals surface area contributed by atoms with Crippen LogP contribution in [0.5, 0.6) is 5.75 Å². The number of rotatable bonds is 5. The van der Waals surface area contributed by atoms with Crippen molar-refractivity contribution in [2.45, 2.75) is 46.5 Å². The molecular weight excluding hydrogens is 343 g/mol. The molecule has 3 nitrogen and oxygen atoms in total. The van der Waals surface area contributed by atoms with Gasteiger partial charge in [-0.05, 0) is 68.1 Å². The minimum atomic E-state index is -4.41. The average Bonchev–Trinajstić information content (AvgIpc) is 2.56. The van der Waals surface area contributed by atoms with Crippen molar-refractivity contribution in [1.82, 2.24) is 5.32 Å². The predicted molar refractivity (Wildman–Crippen MR) is 94.0 cm³/mol. The molecule has 140 valence electrons. The number of aryl methyl sites for hydroxylation is 2. The first-order chi connectivity index (χ1) is 12.1. The number of hydrogen-bond donors (Lipinski definition) is 1. The van der Waals surface area contributed by atoms with E-state index in [2.05, 4.69) is 5.32 Å². The zero-order chi connectivity index (χ0) is 19.5. The van der Waals surface area contributed by atoms with Crippen molar-refractivity contribution >= 4 is 5.91 Å². The van der Waals surface area contributed by atoms with Crippen LogP contribution in [0.4, 0.5) is 13.2 Å². The Balaban J connectivity index is 2.00. The smallest absolute Gasteiger partial charge is 0.416 e. The molecule has 0 aliphatic heterocycles. The first-order valence-corrected chi connectivity index (χ1v) is 8.26. The van der Waals surface area contributed by atoms with Crippen molar-refractivity contribution < 1.29 is 22.7 Å². The fourth-order valence-corrected chi connectivity index (χ4v) is 2.56. The van der Waals surface area contributed by atoms with Gasteiger partial charge in [0.2, 0.25) is 0 Å². The van der Waals surface area contributed by atoms with E-state index in [4.69, 9.17) is 4.74 Å². The summed E-state index contributed by atoms with van der Waals surface area (Å²) in [6.07, 6.45) is -5.17. The van der Waals surface area contributed by atoms with Gasteiger partial charge in [-0.1, -0.05) is 18.2 Å². The Labute approximate surface area is 151 Å². The van der Waals surface area contributed by atoms with Crippen LogP contribution in [-0.4, -0.2) is 12.0 Å². The maximum Gasteiger partial charge on any atom is 0.416 e. The van der Waals surface area contributed by atoms with Gasteiger partial charge in [0.25, 0.3) is 5.91 Å². The van der Waals surface area contributed by atoms with Crippen LogP contribution < -0.4 is 10.1 Å². The lowest BCUT2D eigenvalue weighted by Crippen LogP contribution is -2.36. The highest BCUT2D eigenvalue weighted by Gasteiger charge is 2.30. The molecule has 1 N–H and O–H groups in total. The minimum absolute atomic E-state index is 0.00226. The minimum Gasteiger partial charge on any atom is -0.481 e. The molecule has 0 unspecified atom stereocenters. The molecule has 1 amide bonds. The number of halogens is 3. The third-order valence-electron chi connectivity index (χ3n) is 4.16. The standard InChI is InChI=1S/C20H22F3NO2/c1-12-8-13(2)14(3)18(9-12)26-15(4)19(25)24-11-16-6-5-7-17(10-16)20(21,22)23/h5-10,15H,11H2,1-4H3,(H,24,25)/t15-/m0/s1. The summed E-state index contributed by atoms with van der Waals surface area (Å²) in [7, 11) is 0. The highest BCUT2D eigenvalue weighted by atomic mass is 19.4. The molecule has 0 heterocycles. The van der Waals surface area contributed by atoms with E-state index in [0.29, 0.717) is 11.3 Å². The zero-order valence-corrected chi connectivity index (χ0v) is 15.2. The fraction of sp³-hybridized carbons (Fsp3) is 0.350. The van der Waals surface area contributed by atoms with Crippen LogP contribution in [0.2, 0.25) is 0 Å². The monoisotopic (exact) mass is 365 g/mol. The van der Waals surface area contributed by atoms with E-state index in [0.717, 1.165) is 28.8 Å². The molecule has 2 aromatic carbocycles. The largest absolute Gasteiger partial charge is 0.481 e. The predicted octanol–water partition coefficient (Wildman–Crippen LogP) is 4.71. The van der Waals surface area contributed by atoms with Gasteiger partial charge in [0, 0.05) is 6.54 Å². The second kappa shape index (κ2) is 7.81. The van der Waals surface area contributed by atoms with Gasteiger partial charge in [0.05, 0.1) is 5.56 Å². The SMILES string of the molecule is Cc1cc(C)c(C)c(O[C@@H](C)C(=O)NCc2cccc(C(F)(F)F)c2)c1. The van der Waals surface area contributed by atoms with E-state index in [1.807, 2.05) is 32.9 Å². The molecule has 0 aromatic heterocycles. The highest BCUT2D eigenvalue weighted by Crippen LogP contribution is 2.29. The van der Waals surface area contributed by atoms with E-state index < -0.39 is 17.8 Å². The van der Waals surface area contributed by atoms with Gasteiger partial charge in [0.1, 0.15) is 5.75 Å². The molecule has 0 aliphatic rings. The number of hydrogen-bond acceptors (Lipinski definition) is 2. The molecule has 2 aromatic rings. The van der Waals surface area contributed by atoms with Crippen molar-refractivity contribution in [3.05, 3.63) is 64.2 Å². The molecule has 26 heavy (non-hydrogen) atoms. The molecule has 2 rings (SSSR count). The summed E-state index contributed by atoms with van der Waals surface area (Å²) >= 11 is 0. The van der Waals surface area contributed by atoms with E-state index >= 15 is 0 Å². The topological polar surface area (TPSA) is 38.3 Å². The lowest BCUT2D eigenvalue weighted by molar-refractivity contribution is -0.137. The molecule has 0 spiro atoms. The molecule has 0 fully saturated rings. The Bertz CT molecular complexity index is 800. The van der Waals surface area contributed by atoms with E-state index in [-0.39, 0.29) is 12.5 Å². The Kier molecular flexibility index (Phi) is 5.95. The van der Waals surface area contributed by atoms with Gasteiger partial charge in [-0.15, -0.1) is 0 Å². The number of ether oxygens (including phenoxy) is 1. The van der Waals surface area contributed by atoms with Crippen molar-refractivity contribution in [2.24, 2.45) is 0 Å². The number of carbonyl (C=O) groups excluding carboxylic acids is 1. The Morgan fingerprint density at radius 1 is 1.15 bits per heavy atom. The van der Waals surface area contributed by atoms with Crippen LogP contribution >= 0.6 is 0 Å². The lowest BCUT2D eigenvalue weighted by atomic mass is 10.1. The summed E-state index contributed by atoms with van der Waals surface area (Å²) in [4.78, 5) is 12.2. The number of nitrogens with one attached hydrogen (secondary N) is 1. The van der Waals surface area contributed by atoms with E-state index in [9.17, 15) is 18.0 Å². The van der Waals surface area contributed by atoms with Crippen molar-refractivity contribution in [3.63, 3.8) is 0 Å². The molecule has 0 aliphatic carbocycles. The Morgan fingerprint density at radius 3 is 2.50 bits per heavy atom. The third kappa shape index (κ3) is 5.00. The maximum atomic E-state index is 12.7.